The quantitative estimate of drug-likeness (QED) is 0.730. The molecule has 0 atom stereocenters. The largest absolute Gasteiger partial charge is 0.393 e. The van der Waals surface area contributed by atoms with Gasteiger partial charge in [0.25, 0.3) is 0 Å². The van der Waals surface area contributed by atoms with E-state index in [1.54, 1.807) is 0 Å². The molecule has 16 heavy (non-hydrogen) atoms. The summed E-state index contributed by atoms with van der Waals surface area (Å²) < 4.78 is 0. The van der Waals surface area contributed by atoms with Crippen LogP contribution in [0.5, 0.6) is 0 Å². The zero-order valence-corrected chi connectivity index (χ0v) is 11.7. The Bertz CT molecular complexity index is 256. The predicted molar refractivity (Wildman–Crippen MR) is 69.5 cm³/mol. The van der Waals surface area contributed by atoms with Crippen molar-refractivity contribution in [2.24, 2.45) is 0 Å². The highest BCUT2D eigenvalue weighted by Gasteiger charge is 2.43. The van der Waals surface area contributed by atoms with Gasteiger partial charge in [-0.2, -0.15) is 0 Å². The second-order valence-electron chi connectivity index (χ2n) is 6.58. The second-order valence-corrected chi connectivity index (χ2v) is 6.58. The molecule has 1 rings (SSSR count). The Morgan fingerprint density at radius 3 is 2.00 bits per heavy atom. The molecule has 2 nitrogen and oxygen atoms in total. The van der Waals surface area contributed by atoms with Gasteiger partial charge in [0.05, 0.1) is 6.10 Å². The average Bonchev–Trinajstić information content (AvgIpc) is 1.96. The SMILES string of the molecule is CC(C)=CCN1C(C)(C)CC(O)CC1(C)C. The first-order chi connectivity index (χ1) is 7.15. The van der Waals surface area contributed by atoms with Crippen LogP contribution in [0, 0.1) is 0 Å². The lowest BCUT2D eigenvalue weighted by molar-refractivity contribution is -0.0736. The molecule has 0 aromatic carbocycles. The Morgan fingerprint density at radius 1 is 1.19 bits per heavy atom. The van der Waals surface area contributed by atoms with Crippen LogP contribution in [0.4, 0.5) is 0 Å². The third-order valence-corrected chi connectivity index (χ3v) is 3.61. The highest BCUT2D eigenvalue weighted by Crippen LogP contribution is 2.38. The zero-order valence-electron chi connectivity index (χ0n) is 11.7. The molecule has 0 spiro atoms. The number of nitrogens with zero attached hydrogens (tertiary/aromatic N) is 1. The van der Waals surface area contributed by atoms with E-state index in [1.165, 1.54) is 5.57 Å². The van der Waals surface area contributed by atoms with Crippen LogP contribution in [-0.2, 0) is 0 Å². The smallest absolute Gasteiger partial charge is 0.0575 e. The van der Waals surface area contributed by atoms with Crippen molar-refractivity contribution in [3.05, 3.63) is 11.6 Å². The van der Waals surface area contributed by atoms with Gasteiger partial charge in [-0.05, 0) is 54.4 Å². The lowest BCUT2D eigenvalue weighted by Crippen LogP contribution is -2.61. The van der Waals surface area contributed by atoms with Crippen LogP contribution in [0.15, 0.2) is 11.6 Å². The molecule has 0 aliphatic carbocycles. The summed E-state index contributed by atoms with van der Waals surface area (Å²) in [4.78, 5) is 2.51. The van der Waals surface area contributed by atoms with E-state index >= 15 is 0 Å². The minimum atomic E-state index is -0.159. The van der Waals surface area contributed by atoms with Gasteiger partial charge in [-0.15, -0.1) is 0 Å². The molecule has 1 heterocycles. The Balaban J connectivity index is 2.88. The molecular formula is C14H27NO. The zero-order chi connectivity index (χ0) is 12.6. The molecule has 1 fully saturated rings. The van der Waals surface area contributed by atoms with Gasteiger partial charge in [-0.3, -0.25) is 4.90 Å². The van der Waals surface area contributed by atoms with Crippen molar-refractivity contribution in [3.8, 4) is 0 Å². The van der Waals surface area contributed by atoms with E-state index in [2.05, 4.69) is 52.5 Å². The summed E-state index contributed by atoms with van der Waals surface area (Å²) in [5, 5.41) is 9.93. The summed E-state index contributed by atoms with van der Waals surface area (Å²) in [5.41, 5.74) is 1.51. The van der Waals surface area contributed by atoms with Gasteiger partial charge in [0.15, 0.2) is 0 Å². The number of hydrogen-bond donors (Lipinski definition) is 1. The van der Waals surface area contributed by atoms with Gasteiger partial charge >= 0.3 is 0 Å². The minimum absolute atomic E-state index is 0.0765. The van der Waals surface area contributed by atoms with Gasteiger partial charge in [-0.1, -0.05) is 11.6 Å². The fourth-order valence-corrected chi connectivity index (χ4v) is 3.03. The molecule has 2 heteroatoms. The van der Waals surface area contributed by atoms with Crippen molar-refractivity contribution < 1.29 is 5.11 Å². The first kappa shape index (κ1) is 13.7. The number of piperidine rings is 1. The standard InChI is InChI=1S/C14H27NO/c1-11(2)7-8-15-13(3,4)9-12(16)10-14(15,5)6/h7,12,16H,8-10H2,1-6H3. The molecule has 1 N–H and O–H groups in total. The van der Waals surface area contributed by atoms with E-state index in [0.29, 0.717) is 0 Å². The van der Waals surface area contributed by atoms with Crippen LogP contribution >= 0.6 is 0 Å². The van der Waals surface area contributed by atoms with Crippen molar-refractivity contribution in [1.29, 1.82) is 0 Å². The molecule has 94 valence electrons. The molecule has 0 unspecified atom stereocenters. The van der Waals surface area contributed by atoms with Crippen LogP contribution in [0.1, 0.15) is 54.4 Å². The van der Waals surface area contributed by atoms with E-state index in [4.69, 9.17) is 0 Å². The highest BCUT2D eigenvalue weighted by molar-refractivity contribution is 5.05. The molecular weight excluding hydrogens is 198 g/mol. The maximum atomic E-state index is 9.93. The number of likely N-dealkylation sites (tertiary alicyclic amines) is 1. The highest BCUT2D eigenvalue weighted by atomic mass is 16.3. The lowest BCUT2D eigenvalue weighted by atomic mass is 9.78. The van der Waals surface area contributed by atoms with Crippen molar-refractivity contribution in [1.82, 2.24) is 4.90 Å². The van der Waals surface area contributed by atoms with Crippen molar-refractivity contribution in [3.63, 3.8) is 0 Å². The Hall–Kier alpha value is -0.340. The first-order valence-corrected chi connectivity index (χ1v) is 6.24. The summed E-state index contributed by atoms with van der Waals surface area (Å²) in [5.74, 6) is 0. The molecule has 1 saturated heterocycles. The summed E-state index contributed by atoms with van der Waals surface area (Å²) in [7, 11) is 0. The maximum Gasteiger partial charge on any atom is 0.0575 e. The molecule has 0 amide bonds. The average molecular weight is 225 g/mol. The van der Waals surface area contributed by atoms with Gasteiger partial charge in [-0.25, -0.2) is 0 Å². The Labute approximate surface area is 100 Å². The third-order valence-electron chi connectivity index (χ3n) is 3.61. The topological polar surface area (TPSA) is 23.5 Å². The molecule has 0 radical (unpaired) electrons. The maximum absolute atomic E-state index is 9.93. The number of aliphatic hydroxyl groups excluding tert-OH is 1. The van der Waals surface area contributed by atoms with Crippen LogP contribution in [0.25, 0.3) is 0 Å². The summed E-state index contributed by atoms with van der Waals surface area (Å²) in [6, 6.07) is 0. The van der Waals surface area contributed by atoms with Gasteiger partial charge in [0, 0.05) is 17.6 Å². The number of allylic oxidation sites excluding steroid dienone is 1. The van der Waals surface area contributed by atoms with Gasteiger partial charge in [0.1, 0.15) is 0 Å². The molecule has 1 aliphatic heterocycles. The summed E-state index contributed by atoms with van der Waals surface area (Å²) in [6.45, 7) is 14.2. The van der Waals surface area contributed by atoms with Crippen LogP contribution in [0.3, 0.4) is 0 Å². The lowest BCUT2D eigenvalue weighted by Gasteiger charge is -2.54. The van der Waals surface area contributed by atoms with Gasteiger partial charge < -0.3 is 5.11 Å². The first-order valence-electron chi connectivity index (χ1n) is 6.24. The van der Waals surface area contributed by atoms with E-state index in [1.807, 2.05) is 0 Å². The number of rotatable bonds is 2. The number of aliphatic hydroxyl groups is 1. The number of hydrogen-bond acceptors (Lipinski definition) is 2. The summed E-state index contributed by atoms with van der Waals surface area (Å²) >= 11 is 0. The van der Waals surface area contributed by atoms with Crippen molar-refractivity contribution in [2.45, 2.75) is 71.6 Å². The fourth-order valence-electron chi connectivity index (χ4n) is 3.03. The molecule has 0 bridgehead atoms. The van der Waals surface area contributed by atoms with Crippen LogP contribution in [0.2, 0.25) is 0 Å². The Kier molecular flexibility index (Phi) is 3.86. The predicted octanol–water partition coefficient (Wildman–Crippen LogP) is 2.97. The molecule has 1 aliphatic rings. The fraction of sp³-hybridized carbons (Fsp3) is 0.857. The summed E-state index contributed by atoms with van der Waals surface area (Å²) in [6.07, 6.45) is 3.86. The Morgan fingerprint density at radius 2 is 1.62 bits per heavy atom. The van der Waals surface area contributed by atoms with Crippen LogP contribution in [-0.4, -0.2) is 33.7 Å². The molecule has 0 aromatic rings. The second kappa shape index (κ2) is 4.50. The molecule has 0 saturated carbocycles. The van der Waals surface area contributed by atoms with E-state index in [-0.39, 0.29) is 17.2 Å². The normalized spacial score (nSPS) is 25.4. The van der Waals surface area contributed by atoms with Crippen LogP contribution < -0.4 is 0 Å². The third kappa shape index (κ3) is 3.08. The van der Waals surface area contributed by atoms with E-state index in [9.17, 15) is 5.11 Å². The van der Waals surface area contributed by atoms with E-state index in [0.717, 1.165) is 19.4 Å². The van der Waals surface area contributed by atoms with Crippen molar-refractivity contribution >= 4 is 0 Å². The van der Waals surface area contributed by atoms with Crippen molar-refractivity contribution in [2.75, 3.05) is 6.54 Å². The minimum Gasteiger partial charge on any atom is -0.393 e. The van der Waals surface area contributed by atoms with E-state index < -0.39 is 0 Å². The van der Waals surface area contributed by atoms with Gasteiger partial charge in [0.2, 0.25) is 0 Å². The monoisotopic (exact) mass is 225 g/mol. The molecule has 0 aromatic heterocycles.